The Balaban J connectivity index is 1.56. The molecule has 0 saturated heterocycles. The molecule has 1 aromatic heterocycles. The quantitative estimate of drug-likeness (QED) is 0.452. The van der Waals surface area contributed by atoms with E-state index >= 15 is 0 Å². The van der Waals surface area contributed by atoms with Gasteiger partial charge in [0.1, 0.15) is 5.82 Å². The number of hydrogen-bond donors (Lipinski definition) is 1. The number of thioether (sulfide) groups is 1. The maximum atomic E-state index is 13.0. The molecule has 0 bridgehead atoms. The Morgan fingerprint density at radius 3 is 2.81 bits per heavy atom. The predicted molar refractivity (Wildman–Crippen MR) is 106 cm³/mol. The zero-order valence-corrected chi connectivity index (χ0v) is 16.5. The molecule has 0 aliphatic rings. The molecule has 0 atom stereocenters. The normalized spacial score (nSPS) is 10.7. The average molecular weight is 426 g/mol. The Labute approximate surface area is 168 Å². The van der Waals surface area contributed by atoms with Gasteiger partial charge in [-0.15, -0.1) is 5.10 Å². The Morgan fingerprint density at radius 1 is 1.31 bits per heavy atom. The minimum absolute atomic E-state index is 0.107. The van der Waals surface area contributed by atoms with E-state index in [1.807, 2.05) is 18.2 Å². The van der Waals surface area contributed by atoms with Crippen LogP contribution >= 0.6 is 46.9 Å². The molecule has 1 amide bonds. The van der Waals surface area contributed by atoms with Crippen LogP contribution in [0.1, 0.15) is 5.56 Å². The van der Waals surface area contributed by atoms with Gasteiger partial charge >= 0.3 is 0 Å². The lowest BCUT2D eigenvalue weighted by atomic mass is 10.2. The van der Waals surface area contributed by atoms with E-state index in [1.165, 1.54) is 35.2 Å². The van der Waals surface area contributed by atoms with Gasteiger partial charge in [0.05, 0.1) is 11.4 Å². The molecule has 4 nitrogen and oxygen atoms in total. The summed E-state index contributed by atoms with van der Waals surface area (Å²) in [6, 6.07) is 13.3. The van der Waals surface area contributed by atoms with Crippen molar-refractivity contribution >= 4 is 52.8 Å². The fourth-order valence-corrected chi connectivity index (χ4v) is 4.49. The number of carbonyl (C=O) groups excluding carboxylic acids is 1. The van der Waals surface area contributed by atoms with Crippen molar-refractivity contribution in [3.8, 4) is 5.69 Å². The number of benzene rings is 2. The summed E-state index contributed by atoms with van der Waals surface area (Å²) in [6.45, 7) is 0.416. The van der Waals surface area contributed by atoms with Crippen molar-refractivity contribution in [2.24, 2.45) is 0 Å². The van der Waals surface area contributed by atoms with Crippen LogP contribution in [0.5, 0.6) is 0 Å². The fraction of sp³-hybridized carbons (Fsp3) is 0.118. The first-order valence-corrected chi connectivity index (χ1v) is 10.1. The number of carbonyl (C=O) groups is 1. The molecular weight excluding hydrogens is 413 g/mol. The van der Waals surface area contributed by atoms with Crippen LogP contribution in [-0.2, 0) is 11.3 Å². The highest BCUT2D eigenvalue weighted by molar-refractivity contribution is 8.01. The highest BCUT2D eigenvalue weighted by Gasteiger charge is 2.09. The van der Waals surface area contributed by atoms with Gasteiger partial charge in [-0.25, -0.2) is 9.07 Å². The van der Waals surface area contributed by atoms with Crippen LogP contribution in [0.25, 0.3) is 5.69 Å². The van der Waals surface area contributed by atoms with Crippen LogP contribution in [0.2, 0.25) is 5.02 Å². The second-order valence-electron chi connectivity index (χ2n) is 5.22. The lowest BCUT2D eigenvalue weighted by Gasteiger charge is -2.04. The Morgan fingerprint density at radius 2 is 2.08 bits per heavy atom. The van der Waals surface area contributed by atoms with Crippen molar-refractivity contribution in [2.75, 3.05) is 5.75 Å². The molecule has 0 saturated carbocycles. The van der Waals surface area contributed by atoms with Crippen LogP contribution in [-0.4, -0.2) is 21.4 Å². The summed E-state index contributed by atoms with van der Waals surface area (Å²) in [4.78, 5) is 12.0. The van der Waals surface area contributed by atoms with Gasteiger partial charge in [-0.2, -0.15) is 0 Å². The maximum Gasteiger partial charge on any atom is 0.230 e. The first kappa shape index (κ1) is 19.0. The van der Waals surface area contributed by atoms with Crippen molar-refractivity contribution in [3.63, 3.8) is 0 Å². The molecule has 26 heavy (non-hydrogen) atoms. The molecule has 134 valence electrons. The predicted octanol–water partition coefficient (Wildman–Crippen LogP) is 4.86. The van der Waals surface area contributed by atoms with Crippen LogP contribution in [0, 0.1) is 9.77 Å². The van der Waals surface area contributed by atoms with Crippen LogP contribution in [0.15, 0.2) is 52.9 Å². The number of hydrogen-bond acceptors (Lipinski definition) is 5. The molecule has 0 radical (unpaired) electrons. The summed E-state index contributed by atoms with van der Waals surface area (Å²) in [6.07, 6.45) is 0. The van der Waals surface area contributed by atoms with E-state index in [-0.39, 0.29) is 17.5 Å². The van der Waals surface area contributed by atoms with Crippen LogP contribution in [0.4, 0.5) is 4.39 Å². The molecule has 1 heterocycles. The third-order valence-electron chi connectivity index (χ3n) is 3.31. The molecular formula is C17H13ClFN3OS3. The standard InChI is InChI=1S/C17H13ClFN3OS3/c18-12-3-1-2-11(8-12)9-20-15(23)10-25-16-21-22(17(24)26-16)14-6-4-13(19)5-7-14/h1-8H,9-10H2,(H,20,23). The summed E-state index contributed by atoms with van der Waals surface area (Å²) in [7, 11) is 0. The largest absolute Gasteiger partial charge is 0.351 e. The molecule has 9 heteroatoms. The van der Waals surface area contributed by atoms with Crippen molar-refractivity contribution in [1.82, 2.24) is 15.1 Å². The first-order chi connectivity index (χ1) is 12.5. The van der Waals surface area contributed by atoms with Crippen molar-refractivity contribution in [1.29, 1.82) is 0 Å². The minimum atomic E-state index is -0.318. The Bertz CT molecular complexity index is 972. The number of nitrogens with one attached hydrogen (secondary N) is 1. The number of aromatic nitrogens is 2. The van der Waals surface area contributed by atoms with Gasteiger partial charge in [0.2, 0.25) is 5.91 Å². The molecule has 3 aromatic rings. The van der Waals surface area contributed by atoms with Crippen molar-refractivity contribution < 1.29 is 9.18 Å². The summed E-state index contributed by atoms with van der Waals surface area (Å²) < 4.78 is 15.8. The molecule has 0 fully saturated rings. The average Bonchev–Trinajstić information content (AvgIpc) is 3.00. The van der Waals surface area contributed by atoms with Crippen molar-refractivity contribution in [3.05, 3.63) is 68.9 Å². The number of halogens is 2. The number of amides is 1. The molecule has 0 spiro atoms. The van der Waals surface area contributed by atoms with E-state index in [0.29, 0.717) is 25.5 Å². The lowest BCUT2D eigenvalue weighted by Crippen LogP contribution is -2.24. The first-order valence-electron chi connectivity index (χ1n) is 7.51. The monoisotopic (exact) mass is 425 g/mol. The van der Waals surface area contributed by atoms with Gasteiger partial charge in [0, 0.05) is 11.6 Å². The smallest absolute Gasteiger partial charge is 0.230 e. The third-order valence-corrected chi connectivity index (χ3v) is 5.91. The molecule has 3 rings (SSSR count). The Hall–Kier alpha value is -1.74. The van der Waals surface area contributed by atoms with Crippen molar-refractivity contribution in [2.45, 2.75) is 10.9 Å². The summed E-state index contributed by atoms with van der Waals surface area (Å²) >= 11 is 13.8. The second-order valence-corrected chi connectivity index (χ2v) is 8.50. The number of rotatable bonds is 6. The van der Waals surface area contributed by atoms with E-state index in [0.717, 1.165) is 5.56 Å². The van der Waals surface area contributed by atoms with E-state index in [1.54, 1.807) is 22.9 Å². The van der Waals surface area contributed by atoms with Gasteiger partial charge < -0.3 is 5.32 Å². The highest BCUT2D eigenvalue weighted by atomic mass is 35.5. The molecule has 2 aromatic carbocycles. The molecule has 1 N–H and O–H groups in total. The molecule has 0 aliphatic carbocycles. The third kappa shape index (κ3) is 5.14. The maximum absolute atomic E-state index is 13.0. The summed E-state index contributed by atoms with van der Waals surface area (Å²) in [5, 5.41) is 7.86. The van der Waals surface area contributed by atoms with Gasteiger partial charge in [-0.3, -0.25) is 4.79 Å². The Kier molecular flexibility index (Phi) is 6.42. The van der Waals surface area contributed by atoms with Crippen LogP contribution < -0.4 is 5.32 Å². The van der Waals surface area contributed by atoms with E-state index < -0.39 is 0 Å². The van der Waals surface area contributed by atoms with Crippen LogP contribution in [0.3, 0.4) is 0 Å². The van der Waals surface area contributed by atoms with E-state index in [2.05, 4.69) is 10.4 Å². The van der Waals surface area contributed by atoms with Gasteiger partial charge in [0.25, 0.3) is 0 Å². The zero-order chi connectivity index (χ0) is 18.5. The lowest BCUT2D eigenvalue weighted by molar-refractivity contribution is -0.118. The van der Waals surface area contributed by atoms with E-state index in [4.69, 9.17) is 23.8 Å². The summed E-state index contributed by atoms with van der Waals surface area (Å²) in [5.74, 6) is -0.197. The zero-order valence-electron chi connectivity index (χ0n) is 13.3. The molecule has 0 unspecified atom stereocenters. The van der Waals surface area contributed by atoms with Gasteiger partial charge in [-0.05, 0) is 54.2 Å². The highest BCUT2D eigenvalue weighted by Crippen LogP contribution is 2.24. The van der Waals surface area contributed by atoms with E-state index in [9.17, 15) is 9.18 Å². The minimum Gasteiger partial charge on any atom is -0.351 e. The topological polar surface area (TPSA) is 46.9 Å². The molecule has 0 aliphatic heterocycles. The van der Waals surface area contributed by atoms with Gasteiger partial charge in [0.15, 0.2) is 8.29 Å². The number of nitrogens with zero attached hydrogens (tertiary/aromatic N) is 2. The second kappa shape index (κ2) is 8.77. The van der Waals surface area contributed by atoms with Gasteiger partial charge in [-0.1, -0.05) is 46.8 Å². The summed E-state index contributed by atoms with van der Waals surface area (Å²) in [5.41, 5.74) is 1.62. The fourth-order valence-electron chi connectivity index (χ4n) is 2.09. The SMILES string of the molecule is O=C(CSc1nn(-c2ccc(F)cc2)c(=S)s1)NCc1cccc(Cl)c1.